The Balaban J connectivity index is 2.18. The summed E-state index contributed by atoms with van der Waals surface area (Å²) in [5, 5.41) is 12.9. The Bertz CT molecular complexity index is 230. The van der Waals surface area contributed by atoms with Gasteiger partial charge in [-0.15, -0.1) is 11.6 Å². The van der Waals surface area contributed by atoms with E-state index in [1.165, 1.54) is 6.42 Å². The fourth-order valence-electron chi connectivity index (χ4n) is 1.99. The zero-order valence-electron chi connectivity index (χ0n) is 10.7. The summed E-state index contributed by atoms with van der Waals surface area (Å²) in [5.74, 6) is 0.471. The summed E-state index contributed by atoms with van der Waals surface area (Å²) in [5.41, 5.74) is 0. The highest BCUT2D eigenvalue weighted by Crippen LogP contribution is 2.23. The highest BCUT2D eigenvalue weighted by Gasteiger charge is 2.31. The van der Waals surface area contributed by atoms with Gasteiger partial charge in [-0.1, -0.05) is 36.4 Å². The molecule has 1 rings (SSSR count). The first-order valence-corrected chi connectivity index (χ1v) is 7.94. The Labute approximate surface area is 123 Å². The lowest BCUT2D eigenvalue weighted by Crippen LogP contribution is -2.50. The van der Waals surface area contributed by atoms with Crippen LogP contribution in [-0.2, 0) is 4.65 Å². The van der Waals surface area contributed by atoms with Crippen LogP contribution in [0.1, 0.15) is 40.0 Å². The second-order valence-electron chi connectivity index (χ2n) is 5.29. The number of hydrogen-bond donors (Lipinski definition) is 2. The van der Waals surface area contributed by atoms with Crippen LogP contribution in [0.15, 0.2) is 0 Å². The molecule has 1 aliphatic rings. The van der Waals surface area contributed by atoms with Crippen molar-refractivity contribution in [3.63, 3.8) is 0 Å². The molecule has 1 aliphatic heterocycles. The normalized spacial score (nSPS) is 27.7. The molecule has 0 aromatic heterocycles. The summed E-state index contributed by atoms with van der Waals surface area (Å²) < 4.78 is 6.13. The van der Waals surface area contributed by atoms with E-state index < -0.39 is 7.12 Å². The molecule has 1 fully saturated rings. The van der Waals surface area contributed by atoms with Crippen molar-refractivity contribution in [2.24, 2.45) is 5.92 Å². The predicted molar refractivity (Wildman–Crippen MR) is 81.6 cm³/mol. The van der Waals surface area contributed by atoms with E-state index in [1.54, 1.807) is 0 Å². The molecule has 0 bridgehead atoms. The lowest BCUT2D eigenvalue weighted by atomic mass is 9.79. The van der Waals surface area contributed by atoms with Crippen molar-refractivity contribution in [1.82, 2.24) is 5.32 Å². The van der Waals surface area contributed by atoms with Crippen LogP contribution in [0.2, 0.25) is 0 Å². The van der Waals surface area contributed by atoms with Crippen molar-refractivity contribution in [2.45, 2.75) is 61.5 Å². The zero-order chi connectivity index (χ0) is 13.0. The SMILES string of the molecule is CC(C)C[C@H](Cl)B(O)O[C@@H](C)CC1CC(I)N1. The molecule has 0 aliphatic carbocycles. The van der Waals surface area contributed by atoms with Gasteiger partial charge < -0.3 is 15.0 Å². The van der Waals surface area contributed by atoms with E-state index in [4.69, 9.17) is 16.3 Å². The third-order valence-electron chi connectivity index (χ3n) is 2.90. The van der Waals surface area contributed by atoms with Gasteiger partial charge >= 0.3 is 7.12 Å². The summed E-state index contributed by atoms with van der Waals surface area (Å²) in [6, 6.07) is 0.526. The topological polar surface area (TPSA) is 41.5 Å². The van der Waals surface area contributed by atoms with E-state index in [9.17, 15) is 5.02 Å². The Morgan fingerprint density at radius 2 is 2.12 bits per heavy atom. The second-order valence-corrected chi connectivity index (χ2v) is 7.35. The number of rotatable bonds is 7. The van der Waals surface area contributed by atoms with Gasteiger partial charge in [-0.25, -0.2) is 0 Å². The summed E-state index contributed by atoms with van der Waals surface area (Å²) in [6.45, 7) is 6.17. The van der Waals surface area contributed by atoms with Gasteiger partial charge in [-0.3, -0.25) is 0 Å². The number of halogens is 2. The monoisotopic (exact) mass is 373 g/mol. The molecule has 1 heterocycles. The van der Waals surface area contributed by atoms with E-state index in [-0.39, 0.29) is 11.4 Å². The van der Waals surface area contributed by atoms with Gasteiger partial charge in [0.1, 0.15) is 0 Å². The van der Waals surface area contributed by atoms with Crippen molar-refractivity contribution >= 4 is 41.3 Å². The first-order valence-electron chi connectivity index (χ1n) is 6.26. The van der Waals surface area contributed by atoms with Crippen LogP contribution in [0.5, 0.6) is 0 Å². The maximum atomic E-state index is 9.82. The van der Waals surface area contributed by atoms with Gasteiger partial charge in [0.2, 0.25) is 0 Å². The van der Waals surface area contributed by atoms with Crippen molar-refractivity contribution in [1.29, 1.82) is 0 Å². The minimum Gasteiger partial charge on any atom is -0.426 e. The standard InChI is InChI=1S/C11H22BClINO2/c1-7(2)4-10(13)12(16)17-8(3)5-9-6-11(14)15-9/h7-11,15-16H,4-6H2,1-3H3/t8-,9?,10-,11?/m0/s1. The molecule has 0 spiro atoms. The molecular formula is C11H22BClINO2. The molecule has 17 heavy (non-hydrogen) atoms. The first kappa shape index (κ1) is 16.0. The van der Waals surface area contributed by atoms with Gasteiger partial charge in [0.25, 0.3) is 0 Å². The molecule has 100 valence electrons. The van der Waals surface area contributed by atoms with Crippen LogP contribution in [0.3, 0.4) is 0 Å². The van der Waals surface area contributed by atoms with E-state index in [0.29, 0.717) is 16.0 Å². The predicted octanol–water partition coefficient (Wildman–Crippen LogP) is 2.58. The molecule has 0 amide bonds. The number of alkyl halides is 2. The maximum Gasteiger partial charge on any atom is 0.473 e. The van der Waals surface area contributed by atoms with Crippen LogP contribution < -0.4 is 5.32 Å². The Morgan fingerprint density at radius 3 is 2.59 bits per heavy atom. The molecule has 6 heteroatoms. The Hall–Kier alpha value is 0.965. The summed E-state index contributed by atoms with van der Waals surface area (Å²) in [7, 11) is -0.857. The average molecular weight is 373 g/mol. The molecular weight excluding hydrogens is 351 g/mol. The van der Waals surface area contributed by atoms with Gasteiger partial charge in [-0.05, 0) is 32.1 Å². The third-order valence-corrected chi connectivity index (χ3v) is 4.16. The molecule has 2 unspecified atom stereocenters. The van der Waals surface area contributed by atoms with E-state index in [2.05, 4.69) is 41.8 Å². The van der Waals surface area contributed by atoms with Crippen LogP contribution in [0, 0.1) is 5.92 Å². The highest BCUT2D eigenvalue weighted by atomic mass is 127. The highest BCUT2D eigenvalue weighted by molar-refractivity contribution is 14.1. The molecule has 0 radical (unpaired) electrons. The summed E-state index contributed by atoms with van der Waals surface area (Å²) in [4.78, 5) is 0. The van der Waals surface area contributed by atoms with Crippen molar-refractivity contribution in [3.8, 4) is 0 Å². The van der Waals surface area contributed by atoms with E-state index in [0.717, 1.165) is 12.8 Å². The zero-order valence-corrected chi connectivity index (χ0v) is 13.6. The quantitative estimate of drug-likeness (QED) is 0.312. The minimum absolute atomic E-state index is 0.0415. The Kier molecular flexibility index (Phi) is 7.10. The lowest BCUT2D eigenvalue weighted by molar-refractivity contribution is 0.142. The Morgan fingerprint density at radius 1 is 1.53 bits per heavy atom. The van der Waals surface area contributed by atoms with Crippen LogP contribution >= 0.6 is 34.2 Å². The lowest BCUT2D eigenvalue weighted by Gasteiger charge is -2.35. The van der Waals surface area contributed by atoms with Crippen LogP contribution in [0.4, 0.5) is 0 Å². The molecule has 4 atom stereocenters. The van der Waals surface area contributed by atoms with Gasteiger partial charge in [0, 0.05) is 12.1 Å². The second kappa shape index (κ2) is 7.53. The van der Waals surface area contributed by atoms with E-state index in [1.807, 2.05) is 6.92 Å². The van der Waals surface area contributed by atoms with Crippen LogP contribution in [0.25, 0.3) is 0 Å². The van der Waals surface area contributed by atoms with Gasteiger partial charge in [0.05, 0.1) is 9.33 Å². The fourth-order valence-corrected chi connectivity index (χ4v) is 3.53. The molecule has 0 aromatic carbocycles. The maximum absolute atomic E-state index is 9.82. The smallest absolute Gasteiger partial charge is 0.426 e. The first-order chi connectivity index (χ1) is 7.88. The summed E-state index contributed by atoms with van der Waals surface area (Å²) in [6.07, 6.45) is 2.93. The van der Waals surface area contributed by atoms with Crippen molar-refractivity contribution < 1.29 is 9.68 Å². The molecule has 2 N–H and O–H groups in total. The minimum atomic E-state index is -0.857. The van der Waals surface area contributed by atoms with Gasteiger partial charge in [0.15, 0.2) is 0 Å². The van der Waals surface area contributed by atoms with Gasteiger partial charge in [-0.2, -0.15) is 0 Å². The molecule has 0 saturated carbocycles. The third kappa shape index (κ3) is 6.10. The van der Waals surface area contributed by atoms with Crippen molar-refractivity contribution in [3.05, 3.63) is 0 Å². The van der Waals surface area contributed by atoms with Crippen molar-refractivity contribution in [2.75, 3.05) is 0 Å². The molecule has 3 nitrogen and oxygen atoms in total. The largest absolute Gasteiger partial charge is 0.473 e. The fraction of sp³-hybridized carbons (Fsp3) is 1.00. The number of hydrogen-bond acceptors (Lipinski definition) is 3. The number of nitrogens with one attached hydrogen (secondary N) is 1. The molecule has 0 aromatic rings. The van der Waals surface area contributed by atoms with Crippen LogP contribution in [-0.4, -0.2) is 33.6 Å². The summed E-state index contributed by atoms with van der Waals surface area (Å²) >= 11 is 8.47. The average Bonchev–Trinajstić information content (AvgIpc) is 2.13. The molecule has 1 saturated heterocycles. The van der Waals surface area contributed by atoms with E-state index >= 15 is 0 Å².